The van der Waals surface area contributed by atoms with E-state index in [4.69, 9.17) is 16.5 Å². The molecule has 1 atom stereocenters. The highest BCUT2D eigenvalue weighted by Gasteiger charge is 2.21. The molecule has 0 radical (unpaired) electrons. The van der Waals surface area contributed by atoms with Crippen molar-refractivity contribution in [3.63, 3.8) is 0 Å². The molecule has 0 bridgehead atoms. The van der Waals surface area contributed by atoms with Crippen LogP contribution in [0.25, 0.3) is 32.6 Å². The summed E-state index contributed by atoms with van der Waals surface area (Å²) in [4.78, 5) is 13.5. The van der Waals surface area contributed by atoms with Crippen LogP contribution in [0.15, 0.2) is 46.9 Å². The van der Waals surface area contributed by atoms with Crippen LogP contribution in [-0.4, -0.2) is 24.9 Å². The van der Waals surface area contributed by atoms with Crippen molar-refractivity contribution in [1.29, 1.82) is 0 Å². The lowest BCUT2D eigenvalue weighted by Gasteiger charge is -2.09. The second-order valence-electron chi connectivity index (χ2n) is 6.78. The molecule has 0 fully saturated rings. The predicted molar refractivity (Wildman–Crippen MR) is 121 cm³/mol. The van der Waals surface area contributed by atoms with Crippen LogP contribution in [0, 0.1) is 5.82 Å². The van der Waals surface area contributed by atoms with Crippen molar-refractivity contribution >= 4 is 44.0 Å². The molecular weight excluding hydrogens is 421 g/mol. The third-order valence-corrected chi connectivity index (χ3v) is 7.67. The van der Waals surface area contributed by atoms with Crippen molar-refractivity contribution < 1.29 is 8.60 Å². The molecule has 0 aliphatic carbocycles. The number of nitrogen functional groups attached to an aromatic ring is 2. The first kappa shape index (κ1) is 20.4. The van der Waals surface area contributed by atoms with Crippen molar-refractivity contribution in [1.82, 2.24) is 15.0 Å². The van der Waals surface area contributed by atoms with E-state index < -0.39 is 10.8 Å². The van der Waals surface area contributed by atoms with Gasteiger partial charge in [-0.05, 0) is 35.7 Å². The number of rotatable bonds is 6. The average Bonchev–Trinajstić information content (AvgIpc) is 3.09. The van der Waals surface area contributed by atoms with E-state index in [0.29, 0.717) is 31.7 Å². The van der Waals surface area contributed by atoms with Crippen molar-refractivity contribution in [2.75, 3.05) is 17.2 Å². The fourth-order valence-corrected chi connectivity index (χ4v) is 5.91. The molecule has 0 saturated heterocycles. The Kier molecular flexibility index (Phi) is 5.74. The Morgan fingerprint density at radius 3 is 2.47 bits per heavy atom. The van der Waals surface area contributed by atoms with Crippen molar-refractivity contribution in [3.05, 3.63) is 48.5 Å². The van der Waals surface area contributed by atoms with Gasteiger partial charge < -0.3 is 11.5 Å². The van der Waals surface area contributed by atoms with Gasteiger partial charge in [-0.3, -0.25) is 4.21 Å². The normalized spacial score (nSPS) is 12.3. The van der Waals surface area contributed by atoms with Gasteiger partial charge in [0, 0.05) is 29.1 Å². The van der Waals surface area contributed by atoms with Crippen LogP contribution in [0.1, 0.15) is 19.8 Å². The summed E-state index contributed by atoms with van der Waals surface area (Å²) in [5.74, 6) is 0.404. The lowest BCUT2D eigenvalue weighted by Crippen LogP contribution is -1.99. The molecule has 4 N–H and O–H groups in total. The summed E-state index contributed by atoms with van der Waals surface area (Å²) < 4.78 is 26.9. The van der Waals surface area contributed by atoms with Gasteiger partial charge in [-0.1, -0.05) is 25.5 Å². The van der Waals surface area contributed by atoms with E-state index in [9.17, 15) is 8.60 Å². The standard InChI is InChI=1S/C21H20FN5OS2/c1-2-3-8-30(28)20-18(23)17-15(12-4-6-14(22)7-5-12)9-16(27-19(17)29-20)13-10-25-21(24)26-11-13/h4-7,9-11H,2-3,8,23H2,1H3,(H2,24,25,26)/t30-/m0/s1. The highest BCUT2D eigenvalue weighted by molar-refractivity contribution is 7.87. The highest BCUT2D eigenvalue weighted by atomic mass is 32.2. The average molecular weight is 442 g/mol. The molecule has 0 aliphatic rings. The van der Waals surface area contributed by atoms with E-state index in [2.05, 4.69) is 16.9 Å². The molecule has 9 heteroatoms. The van der Waals surface area contributed by atoms with Crippen molar-refractivity contribution in [2.24, 2.45) is 0 Å². The predicted octanol–water partition coefficient (Wildman–Crippen LogP) is 4.63. The van der Waals surface area contributed by atoms with Crippen LogP contribution in [-0.2, 0) is 10.8 Å². The largest absolute Gasteiger partial charge is 0.396 e. The molecule has 154 valence electrons. The first-order valence-corrected chi connectivity index (χ1v) is 11.6. The number of anilines is 2. The number of pyridine rings is 1. The lowest BCUT2D eigenvalue weighted by atomic mass is 10.0. The summed E-state index contributed by atoms with van der Waals surface area (Å²) in [7, 11) is -1.20. The van der Waals surface area contributed by atoms with Gasteiger partial charge in [-0.15, -0.1) is 11.3 Å². The van der Waals surface area contributed by atoms with Crippen LogP contribution < -0.4 is 11.5 Å². The van der Waals surface area contributed by atoms with E-state index in [0.717, 1.165) is 29.4 Å². The Morgan fingerprint density at radius 1 is 1.10 bits per heavy atom. The number of thiophene rings is 1. The number of fused-ring (bicyclic) bond motifs is 1. The van der Waals surface area contributed by atoms with Gasteiger partial charge in [0.05, 0.1) is 22.2 Å². The fourth-order valence-electron chi connectivity index (χ4n) is 3.11. The number of halogens is 1. The molecule has 30 heavy (non-hydrogen) atoms. The number of hydrogen-bond donors (Lipinski definition) is 2. The van der Waals surface area contributed by atoms with Crippen LogP contribution in [0.2, 0.25) is 0 Å². The zero-order valence-corrected chi connectivity index (χ0v) is 17.9. The van der Waals surface area contributed by atoms with Crippen LogP contribution in [0.5, 0.6) is 0 Å². The summed E-state index contributed by atoms with van der Waals surface area (Å²) in [6.07, 6.45) is 5.01. The molecule has 4 rings (SSSR count). The Bertz CT molecular complexity index is 1220. The molecule has 0 unspecified atom stereocenters. The molecule has 1 aromatic carbocycles. The monoisotopic (exact) mass is 441 g/mol. The van der Waals surface area contributed by atoms with Gasteiger partial charge in [0.15, 0.2) is 0 Å². The Labute approximate surface area is 179 Å². The van der Waals surface area contributed by atoms with Gasteiger partial charge in [0.25, 0.3) is 0 Å². The second kappa shape index (κ2) is 8.45. The maximum Gasteiger partial charge on any atom is 0.219 e. The van der Waals surface area contributed by atoms with Gasteiger partial charge in [0.1, 0.15) is 14.9 Å². The fraction of sp³-hybridized carbons (Fsp3) is 0.190. The van der Waals surface area contributed by atoms with E-state index in [-0.39, 0.29) is 11.8 Å². The minimum absolute atomic E-state index is 0.174. The molecule has 3 aromatic heterocycles. The van der Waals surface area contributed by atoms with Crippen molar-refractivity contribution in [3.8, 4) is 22.4 Å². The number of aromatic nitrogens is 3. The molecule has 0 aliphatic heterocycles. The number of benzene rings is 1. The van der Waals surface area contributed by atoms with E-state index in [1.165, 1.54) is 23.5 Å². The first-order chi connectivity index (χ1) is 14.5. The maximum atomic E-state index is 13.5. The van der Waals surface area contributed by atoms with Gasteiger partial charge in [0.2, 0.25) is 5.95 Å². The molecule has 6 nitrogen and oxygen atoms in total. The summed E-state index contributed by atoms with van der Waals surface area (Å²) in [6.45, 7) is 2.06. The van der Waals surface area contributed by atoms with E-state index in [1.54, 1.807) is 24.5 Å². The third-order valence-electron chi connectivity index (χ3n) is 4.68. The van der Waals surface area contributed by atoms with Crippen LogP contribution in [0.3, 0.4) is 0 Å². The van der Waals surface area contributed by atoms with Crippen LogP contribution >= 0.6 is 11.3 Å². The second-order valence-corrected chi connectivity index (χ2v) is 9.54. The first-order valence-electron chi connectivity index (χ1n) is 9.43. The number of hydrogen-bond acceptors (Lipinski definition) is 7. The summed E-state index contributed by atoms with van der Waals surface area (Å²) in [5, 5.41) is 0.728. The number of nitrogens with zero attached hydrogens (tertiary/aromatic N) is 3. The number of nitrogens with two attached hydrogens (primary N) is 2. The van der Waals surface area contributed by atoms with E-state index >= 15 is 0 Å². The Balaban J connectivity index is 1.94. The maximum absolute atomic E-state index is 13.5. The molecule has 4 aromatic rings. The van der Waals surface area contributed by atoms with E-state index in [1.807, 2.05) is 6.07 Å². The summed E-state index contributed by atoms with van der Waals surface area (Å²) >= 11 is 1.33. The topological polar surface area (TPSA) is 108 Å². The third kappa shape index (κ3) is 3.90. The Morgan fingerprint density at radius 2 is 1.80 bits per heavy atom. The van der Waals surface area contributed by atoms with Gasteiger partial charge in [-0.25, -0.2) is 19.3 Å². The molecule has 0 saturated carbocycles. The molecule has 0 spiro atoms. The molecule has 3 heterocycles. The minimum Gasteiger partial charge on any atom is -0.396 e. The molecule has 0 amide bonds. The lowest BCUT2D eigenvalue weighted by molar-refractivity contribution is 0.628. The summed E-state index contributed by atoms with van der Waals surface area (Å²) in [6, 6.07) is 8.05. The van der Waals surface area contributed by atoms with Crippen LogP contribution in [0.4, 0.5) is 16.0 Å². The zero-order valence-electron chi connectivity index (χ0n) is 16.3. The SMILES string of the molecule is CCCC[S@](=O)c1sc2nc(-c3cnc(N)nc3)cc(-c3ccc(F)cc3)c2c1N. The highest BCUT2D eigenvalue weighted by Crippen LogP contribution is 2.42. The quantitative estimate of drug-likeness (QED) is 0.452. The Hall–Kier alpha value is -2.91. The zero-order chi connectivity index (χ0) is 21.3. The van der Waals surface area contributed by atoms with Crippen molar-refractivity contribution in [2.45, 2.75) is 24.0 Å². The minimum atomic E-state index is -1.20. The summed E-state index contributed by atoms with van der Waals surface area (Å²) in [5.41, 5.74) is 15.4. The molecular formula is C21H20FN5OS2. The van der Waals surface area contributed by atoms with Gasteiger partial charge in [-0.2, -0.15) is 0 Å². The van der Waals surface area contributed by atoms with Gasteiger partial charge >= 0.3 is 0 Å². The smallest absolute Gasteiger partial charge is 0.219 e. The number of unbranched alkanes of at least 4 members (excludes halogenated alkanes) is 1.